The number of carbonyl (C=O) groups excluding carboxylic acids is 1. The third kappa shape index (κ3) is 5.34. The van der Waals surface area contributed by atoms with E-state index in [1.54, 1.807) is 28.6 Å². The predicted molar refractivity (Wildman–Crippen MR) is 121 cm³/mol. The van der Waals surface area contributed by atoms with Gasteiger partial charge < -0.3 is 5.32 Å². The van der Waals surface area contributed by atoms with Crippen LogP contribution in [0, 0.1) is 0 Å². The molecule has 0 radical (unpaired) electrons. The Labute approximate surface area is 185 Å². The molecule has 0 bridgehead atoms. The number of sulfonamides is 1. The lowest BCUT2D eigenvalue weighted by Crippen LogP contribution is -2.42. The molecule has 1 unspecified atom stereocenters. The van der Waals surface area contributed by atoms with Crippen molar-refractivity contribution in [1.82, 2.24) is 14.5 Å². The van der Waals surface area contributed by atoms with Gasteiger partial charge in [-0.3, -0.25) is 9.69 Å². The average Bonchev–Trinajstić information content (AvgIpc) is 3.27. The molecule has 2 aromatic carbocycles. The molecule has 1 amide bonds. The highest BCUT2D eigenvalue weighted by Gasteiger charge is 2.30. The maximum Gasteiger partial charge on any atom is 0.243 e. The molecule has 166 valence electrons. The molecule has 2 saturated heterocycles. The van der Waals surface area contributed by atoms with Crippen LogP contribution in [0.4, 0.5) is 0 Å². The van der Waals surface area contributed by atoms with Gasteiger partial charge in [-0.05, 0) is 55.5 Å². The zero-order valence-electron chi connectivity index (χ0n) is 17.9. The Morgan fingerprint density at radius 3 is 2.29 bits per heavy atom. The minimum absolute atomic E-state index is 0.0402. The van der Waals surface area contributed by atoms with Gasteiger partial charge in [0.2, 0.25) is 15.9 Å². The average molecular weight is 442 g/mol. The molecule has 0 aromatic heterocycles. The molecule has 2 fully saturated rings. The molecular formula is C24H31N3O3S. The summed E-state index contributed by atoms with van der Waals surface area (Å²) in [6.45, 7) is 3.30. The molecular weight excluding hydrogens is 410 g/mol. The Morgan fingerprint density at radius 1 is 0.871 bits per heavy atom. The standard InChI is InChI=1S/C24H31N3O3S/c28-24(23-10-7-15-26(23)19-21-8-3-1-4-9-21)25-18-20-11-13-22(14-12-20)31(29,30)27-16-5-2-6-17-27/h1,3-4,8-9,11-14,23H,2,5-7,10,15-19H2,(H,25,28). The number of benzene rings is 2. The summed E-state index contributed by atoms with van der Waals surface area (Å²) in [5, 5.41) is 3.04. The van der Waals surface area contributed by atoms with Gasteiger partial charge in [-0.2, -0.15) is 4.31 Å². The molecule has 0 saturated carbocycles. The van der Waals surface area contributed by atoms with Crippen molar-refractivity contribution >= 4 is 15.9 Å². The van der Waals surface area contributed by atoms with Crippen molar-refractivity contribution in [2.45, 2.75) is 56.1 Å². The fourth-order valence-corrected chi connectivity index (χ4v) is 5.99. The van der Waals surface area contributed by atoms with Crippen LogP contribution in [0.2, 0.25) is 0 Å². The Balaban J connectivity index is 1.33. The molecule has 1 atom stereocenters. The maximum absolute atomic E-state index is 12.8. The molecule has 2 heterocycles. The third-order valence-electron chi connectivity index (χ3n) is 6.24. The number of hydrogen-bond acceptors (Lipinski definition) is 4. The molecule has 2 aromatic rings. The first kappa shape index (κ1) is 22.0. The first-order chi connectivity index (χ1) is 15.0. The third-order valence-corrected chi connectivity index (χ3v) is 8.15. The van der Waals surface area contributed by atoms with Crippen LogP contribution in [0.5, 0.6) is 0 Å². The summed E-state index contributed by atoms with van der Waals surface area (Å²) in [6, 6.07) is 17.0. The van der Waals surface area contributed by atoms with Crippen molar-refractivity contribution in [3.63, 3.8) is 0 Å². The second-order valence-corrected chi connectivity index (χ2v) is 10.4. The highest BCUT2D eigenvalue weighted by atomic mass is 32.2. The summed E-state index contributed by atoms with van der Waals surface area (Å²) in [4.78, 5) is 15.4. The Bertz CT molecular complexity index is 971. The maximum atomic E-state index is 12.8. The van der Waals surface area contributed by atoms with Crippen LogP contribution in [0.25, 0.3) is 0 Å². The van der Waals surface area contributed by atoms with Gasteiger partial charge >= 0.3 is 0 Å². The summed E-state index contributed by atoms with van der Waals surface area (Å²) >= 11 is 0. The summed E-state index contributed by atoms with van der Waals surface area (Å²) in [5.74, 6) is 0.0402. The second-order valence-electron chi connectivity index (χ2n) is 8.44. The summed E-state index contributed by atoms with van der Waals surface area (Å²) in [5.41, 5.74) is 2.12. The van der Waals surface area contributed by atoms with Crippen molar-refractivity contribution in [2.75, 3.05) is 19.6 Å². The fourth-order valence-electron chi connectivity index (χ4n) is 4.47. The van der Waals surface area contributed by atoms with E-state index in [1.807, 2.05) is 18.2 Å². The van der Waals surface area contributed by atoms with Gasteiger partial charge in [-0.25, -0.2) is 8.42 Å². The predicted octanol–water partition coefficient (Wildman–Crippen LogP) is 3.14. The van der Waals surface area contributed by atoms with E-state index < -0.39 is 10.0 Å². The van der Waals surface area contributed by atoms with E-state index in [9.17, 15) is 13.2 Å². The number of piperidine rings is 1. The molecule has 31 heavy (non-hydrogen) atoms. The normalized spacial score (nSPS) is 20.6. The SMILES string of the molecule is O=C(NCc1ccc(S(=O)(=O)N2CCCCC2)cc1)C1CCCN1Cc1ccccc1. The van der Waals surface area contributed by atoms with Crippen LogP contribution >= 0.6 is 0 Å². The van der Waals surface area contributed by atoms with Crippen molar-refractivity contribution in [3.8, 4) is 0 Å². The van der Waals surface area contributed by atoms with Crippen LogP contribution in [0.15, 0.2) is 59.5 Å². The number of hydrogen-bond donors (Lipinski definition) is 1. The summed E-state index contributed by atoms with van der Waals surface area (Å²) < 4.78 is 27.1. The monoisotopic (exact) mass is 441 g/mol. The van der Waals surface area contributed by atoms with Gasteiger partial charge in [0.15, 0.2) is 0 Å². The molecule has 4 rings (SSSR count). The van der Waals surface area contributed by atoms with Gasteiger partial charge in [0.05, 0.1) is 10.9 Å². The summed E-state index contributed by atoms with van der Waals surface area (Å²) in [7, 11) is -3.42. The quantitative estimate of drug-likeness (QED) is 0.717. The molecule has 0 aliphatic carbocycles. The lowest BCUT2D eigenvalue weighted by molar-refractivity contribution is -0.125. The molecule has 2 aliphatic heterocycles. The number of nitrogens with zero attached hydrogens (tertiary/aromatic N) is 2. The van der Waals surface area contributed by atoms with E-state index in [2.05, 4.69) is 22.3 Å². The van der Waals surface area contributed by atoms with E-state index in [-0.39, 0.29) is 11.9 Å². The fraction of sp³-hybridized carbons (Fsp3) is 0.458. The molecule has 7 heteroatoms. The van der Waals surface area contributed by atoms with E-state index in [0.29, 0.717) is 24.5 Å². The molecule has 2 aliphatic rings. The zero-order chi connectivity index (χ0) is 21.7. The first-order valence-electron chi connectivity index (χ1n) is 11.2. The van der Waals surface area contributed by atoms with Gasteiger partial charge in [-0.15, -0.1) is 0 Å². The highest BCUT2D eigenvalue weighted by Crippen LogP contribution is 2.22. The molecule has 6 nitrogen and oxygen atoms in total. The number of nitrogens with one attached hydrogen (secondary N) is 1. The molecule has 1 N–H and O–H groups in total. The lowest BCUT2D eigenvalue weighted by Gasteiger charge is -2.26. The summed E-state index contributed by atoms with van der Waals surface area (Å²) in [6.07, 6.45) is 4.83. The van der Waals surface area contributed by atoms with Gasteiger partial charge in [-0.1, -0.05) is 48.9 Å². The topological polar surface area (TPSA) is 69.7 Å². The van der Waals surface area contributed by atoms with Crippen LogP contribution in [0.1, 0.15) is 43.2 Å². The van der Waals surface area contributed by atoms with E-state index in [1.165, 1.54) is 5.56 Å². The van der Waals surface area contributed by atoms with Crippen LogP contribution in [-0.2, 0) is 27.9 Å². The highest BCUT2D eigenvalue weighted by molar-refractivity contribution is 7.89. The Hall–Kier alpha value is -2.22. The zero-order valence-corrected chi connectivity index (χ0v) is 18.7. The molecule has 0 spiro atoms. The van der Waals surface area contributed by atoms with Crippen molar-refractivity contribution in [2.24, 2.45) is 0 Å². The van der Waals surface area contributed by atoms with Crippen molar-refractivity contribution in [3.05, 3.63) is 65.7 Å². The Kier molecular flexibility index (Phi) is 7.05. The second kappa shape index (κ2) is 9.94. The van der Waals surface area contributed by atoms with E-state index in [0.717, 1.165) is 50.8 Å². The van der Waals surface area contributed by atoms with Crippen molar-refractivity contribution in [1.29, 1.82) is 0 Å². The van der Waals surface area contributed by atoms with Crippen LogP contribution in [-0.4, -0.2) is 49.2 Å². The smallest absolute Gasteiger partial charge is 0.243 e. The van der Waals surface area contributed by atoms with Gasteiger partial charge in [0, 0.05) is 26.2 Å². The minimum Gasteiger partial charge on any atom is -0.351 e. The largest absolute Gasteiger partial charge is 0.351 e. The van der Waals surface area contributed by atoms with Gasteiger partial charge in [0.1, 0.15) is 0 Å². The number of rotatable bonds is 7. The van der Waals surface area contributed by atoms with E-state index >= 15 is 0 Å². The number of likely N-dealkylation sites (tertiary alicyclic amines) is 1. The van der Waals surface area contributed by atoms with Crippen LogP contribution in [0.3, 0.4) is 0 Å². The number of carbonyl (C=O) groups is 1. The number of amides is 1. The van der Waals surface area contributed by atoms with Crippen molar-refractivity contribution < 1.29 is 13.2 Å². The Morgan fingerprint density at radius 2 is 1.58 bits per heavy atom. The van der Waals surface area contributed by atoms with Gasteiger partial charge in [0.25, 0.3) is 0 Å². The lowest BCUT2D eigenvalue weighted by atomic mass is 10.1. The first-order valence-corrected chi connectivity index (χ1v) is 12.6. The van der Waals surface area contributed by atoms with Crippen LogP contribution < -0.4 is 5.32 Å². The minimum atomic E-state index is -3.42. The van der Waals surface area contributed by atoms with E-state index in [4.69, 9.17) is 0 Å².